The predicted molar refractivity (Wildman–Crippen MR) is 106 cm³/mol. The molecule has 2 aromatic rings. The fraction of sp³-hybridized carbons (Fsp3) is 0.381. The first-order valence-electron chi connectivity index (χ1n) is 8.61. The zero-order valence-corrected chi connectivity index (χ0v) is 16.3. The van der Waals surface area contributed by atoms with Crippen molar-refractivity contribution in [2.75, 3.05) is 12.3 Å². The van der Waals surface area contributed by atoms with Gasteiger partial charge in [0.2, 0.25) is 0 Å². The maximum atomic E-state index is 12.2. The van der Waals surface area contributed by atoms with E-state index in [1.54, 1.807) is 6.92 Å². The summed E-state index contributed by atoms with van der Waals surface area (Å²) >= 11 is 1.82. The second kappa shape index (κ2) is 9.52. The van der Waals surface area contributed by atoms with Gasteiger partial charge in [-0.2, -0.15) is 11.8 Å². The Bertz CT molecular complexity index is 715. The average Bonchev–Trinajstić information content (AvgIpc) is 2.58. The van der Waals surface area contributed by atoms with E-state index in [0.717, 1.165) is 28.4 Å². The molecule has 0 fully saturated rings. The lowest BCUT2D eigenvalue weighted by Crippen LogP contribution is -2.37. The second-order valence-electron chi connectivity index (χ2n) is 6.29. The molecular formula is C21H27NO2S. The summed E-state index contributed by atoms with van der Waals surface area (Å²) in [6, 6.07) is 14.4. The Morgan fingerprint density at radius 1 is 1.16 bits per heavy atom. The third-order valence-electron chi connectivity index (χ3n) is 4.12. The first-order chi connectivity index (χ1) is 12.0. The number of nitrogens with one attached hydrogen (secondary N) is 1. The highest BCUT2D eigenvalue weighted by Crippen LogP contribution is 2.21. The summed E-state index contributed by atoms with van der Waals surface area (Å²) in [4.78, 5) is 12.2. The Kier molecular flexibility index (Phi) is 7.38. The molecule has 25 heavy (non-hydrogen) atoms. The maximum absolute atomic E-state index is 12.2. The molecule has 0 bridgehead atoms. The molecule has 1 amide bonds. The average molecular weight is 358 g/mol. The zero-order valence-electron chi connectivity index (χ0n) is 15.5. The van der Waals surface area contributed by atoms with Crippen LogP contribution in [-0.4, -0.2) is 24.3 Å². The van der Waals surface area contributed by atoms with E-state index in [4.69, 9.17) is 4.74 Å². The van der Waals surface area contributed by atoms with Crippen molar-refractivity contribution < 1.29 is 9.53 Å². The zero-order chi connectivity index (χ0) is 18.2. The summed E-state index contributed by atoms with van der Waals surface area (Å²) < 4.78 is 5.81. The van der Waals surface area contributed by atoms with E-state index in [9.17, 15) is 4.79 Å². The number of benzene rings is 2. The quantitative estimate of drug-likeness (QED) is 0.710. The van der Waals surface area contributed by atoms with E-state index in [2.05, 4.69) is 36.5 Å². The van der Waals surface area contributed by atoms with Crippen LogP contribution >= 0.6 is 11.8 Å². The van der Waals surface area contributed by atoms with Gasteiger partial charge < -0.3 is 10.1 Å². The van der Waals surface area contributed by atoms with Gasteiger partial charge in [0.1, 0.15) is 5.75 Å². The number of thioether (sulfide) groups is 1. The lowest BCUT2D eigenvalue weighted by Gasteiger charge is -2.17. The molecular weight excluding hydrogens is 330 g/mol. The van der Waals surface area contributed by atoms with Crippen molar-refractivity contribution in [3.05, 3.63) is 64.7 Å². The van der Waals surface area contributed by atoms with Crippen molar-refractivity contribution in [3.8, 4) is 5.75 Å². The summed E-state index contributed by atoms with van der Waals surface area (Å²) in [5, 5.41) is 2.95. The Morgan fingerprint density at radius 3 is 2.68 bits per heavy atom. The standard InChI is InChI=1S/C21H27NO2S/c1-15-7-5-9-19(13-15)14-25-12-11-22-21(23)18(4)24-20-10-6-8-16(2)17(20)3/h5-10,13,18H,11-12,14H2,1-4H3,(H,22,23)/t18-/m0/s1. The van der Waals surface area contributed by atoms with E-state index < -0.39 is 6.10 Å². The van der Waals surface area contributed by atoms with E-state index in [-0.39, 0.29) is 5.91 Å². The number of rotatable bonds is 8. The fourth-order valence-corrected chi connectivity index (χ4v) is 3.28. The van der Waals surface area contributed by atoms with Crippen LogP contribution in [0.4, 0.5) is 0 Å². The van der Waals surface area contributed by atoms with Crippen LogP contribution < -0.4 is 10.1 Å². The minimum absolute atomic E-state index is 0.0722. The monoisotopic (exact) mass is 357 g/mol. The van der Waals surface area contributed by atoms with Crippen LogP contribution in [0.3, 0.4) is 0 Å². The number of carbonyl (C=O) groups excluding carboxylic acids is 1. The molecule has 3 nitrogen and oxygen atoms in total. The van der Waals surface area contributed by atoms with E-state index in [1.807, 2.05) is 43.8 Å². The Hall–Kier alpha value is -1.94. The van der Waals surface area contributed by atoms with Gasteiger partial charge in [0.25, 0.3) is 5.91 Å². The lowest BCUT2D eigenvalue weighted by molar-refractivity contribution is -0.127. The predicted octanol–water partition coefficient (Wildman–Crippen LogP) is 4.43. The van der Waals surface area contributed by atoms with Crippen molar-refractivity contribution in [2.24, 2.45) is 0 Å². The largest absolute Gasteiger partial charge is 0.481 e. The minimum atomic E-state index is -0.498. The molecule has 0 heterocycles. The van der Waals surface area contributed by atoms with Crippen LogP contribution in [-0.2, 0) is 10.5 Å². The molecule has 0 radical (unpaired) electrons. The van der Waals surface area contributed by atoms with Gasteiger partial charge in [0.15, 0.2) is 6.10 Å². The molecule has 0 spiro atoms. The van der Waals surface area contributed by atoms with Gasteiger partial charge in [0.05, 0.1) is 0 Å². The molecule has 1 N–H and O–H groups in total. The van der Waals surface area contributed by atoms with Gasteiger partial charge in [-0.05, 0) is 50.5 Å². The molecule has 4 heteroatoms. The number of aryl methyl sites for hydroxylation is 2. The van der Waals surface area contributed by atoms with Gasteiger partial charge in [-0.3, -0.25) is 4.79 Å². The molecule has 0 saturated carbocycles. The van der Waals surface area contributed by atoms with Crippen molar-refractivity contribution in [2.45, 2.75) is 39.6 Å². The normalized spacial score (nSPS) is 11.8. The summed E-state index contributed by atoms with van der Waals surface area (Å²) in [5.41, 5.74) is 4.85. The number of carbonyl (C=O) groups is 1. The second-order valence-corrected chi connectivity index (χ2v) is 7.40. The van der Waals surface area contributed by atoms with E-state index in [0.29, 0.717) is 6.54 Å². The first kappa shape index (κ1) is 19.4. The van der Waals surface area contributed by atoms with Crippen molar-refractivity contribution in [1.29, 1.82) is 0 Å². The molecule has 2 aromatic carbocycles. The van der Waals surface area contributed by atoms with Crippen molar-refractivity contribution in [1.82, 2.24) is 5.32 Å². The first-order valence-corrected chi connectivity index (χ1v) is 9.76. The van der Waals surface area contributed by atoms with Gasteiger partial charge in [-0.15, -0.1) is 0 Å². The van der Waals surface area contributed by atoms with Crippen LogP contribution in [0, 0.1) is 20.8 Å². The summed E-state index contributed by atoms with van der Waals surface area (Å²) in [7, 11) is 0. The van der Waals surface area contributed by atoms with Gasteiger partial charge in [0, 0.05) is 18.1 Å². The van der Waals surface area contributed by atoms with Crippen LogP contribution in [0.1, 0.15) is 29.2 Å². The number of amides is 1. The Labute approximate surface area is 155 Å². The van der Waals surface area contributed by atoms with Crippen LogP contribution in [0.5, 0.6) is 5.75 Å². The third-order valence-corrected chi connectivity index (χ3v) is 5.16. The molecule has 0 aliphatic heterocycles. The number of ether oxygens (including phenoxy) is 1. The lowest BCUT2D eigenvalue weighted by atomic mass is 10.1. The van der Waals surface area contributed by atoms with E-state index >= 15 is 0 Å². The van der Waals surface area contributed by atoms with Crippen LogP contribution in [0.25, 0.3) is 0 Å². The highest BCUT2D eigenvalue weighted by Gasteiger charge is 2.15. The van der Waals surface area contributed by atoms with Gasteiger partial charge >= 0.3 is 0 Å². The molecule has 1 atom stereocenters. The fourth-order valence-electron chi connectivity index (χ4n) is 2.48. The summed E-state index contributed by atoms with van der Waals surface area (Å²) in [6.45, 7) is 8.59. The molecule has 0 unspecified atom stereocenters. The number of hydrogen-bond acceptors (Lipinski definition) is 3. The molecule has 2 rings (SSSR count). The Morgan fingerprint density at radius 2 is 1.92 bits per heavy atom. The molecule has 0 aromatic heterocycles. The summed E-state index contributed by atoms with van der Waals surface area (Å²) in [5.74, 6) is 2.55. The summed E-state index contributed by atoms with van der Waals surface area (Å²) in [6.07, 6.45) is -0.498. The van der Waals surface area contributed by atoms with Crippen LogP contribution in [0.15, 0.2) is 42.5 Å². The topological polar surface area (TPSA) is 38.3 Å². The molecule has 0 saturated heterocycles. The Balaban J connectivity index is 1.70. The van der Waals surface area contributed by atoms with Crippen LogP contribution in [0.2, 0.25) is 0 Å². The van der Waals surface area contributed by atoms with Crippen molar-refractivity contribution >= 4 is 17.7 Å². The highest BCUT2D eigenvalue weighted by atomic mass is 32.2. The van der Waals surface area contributed by atoms with E-state index in [1.165, 1.54) is 11.1 Å². The molecule has 0 aliphatic carbocycles. The highest BCUT2D eigenvalue weighted by molar-refractivity contribution is 7.98. The van der Waals surface area contributed by atoms with Crippen molar-refractivity contribution in [3.63, 3.8) is 0 Å². The molecule has 0 aliphatic rings. The third kappa shape index (κ3) is 6.13. The van der Waals surface area contributed by atoms with Gasteiger partial charge in [-0.1, -0.05) is 42.0 Å². The minimum Gasteiger partial charge on any atom is -0.481 e. The molecule has 134 valence electrons. The number of hydrogen-bond donors (Lipinski definition) is 1. The SMILES string of the molecule is Cc1cccc(CSCCNC(=O)[C@H](C)Oc2cccc(C)c2C)c1. The maximum Gasteiger partial charge on any atom is 0.260 e. The van der Waals surface area contributed by atoms with Gasteiger partial charge in [-0.25, -0.2) is 0 Å². The smallest absolute Gasteiger partial charge is 0.260 e.